The first-order valence-electron chi connectivity index (χ1n) is 6.41. The molecule has 0 fully saturated rings. The number of carbonyl (C=O) groups excluding carboxylic acids is 1. The normalized spacial score (nSPS) is 11.8. The number of rotatable bonds is 5. The number of hydrogen-bond donors (Lipinski definition) is 0. The van der Waals surface area contributed by atoms with Gasteiger partial charge in [-0.15, -0.1) is 0 Å². The fourth-order valence-electron chi connectivity index (χ4n) is 1.96. The third kappa shape index (κ3) is 4.55. The van der Waals surface area contributed by atoms with Crippen molar-refractivity contribution in [2.45, 2.75) is 26.7 Å². The summed E-state index contributed by atoms with van der Waals surface area (Å²) in [4.78, 5) is 14.1. The van der Waals surface area contributed by atoms with E-state index in [1.54, 1.807) is 6.08 Å². The molecule has 2 nitrogen and oxygen atoms in total. The predicted molar refractivity (Wildman–Crippen MR) is 82.5 cm³/mol. The van der Waals surface area contributed by atoms with Gasteiger partial charge in [0.15, 0.2) is 0 Å². The molecule has 0 bridgehead atoms. The quantitative estimate of drug-likeness (QED) is 0.787. The van der Waals surface area contributed by atoms with E-state index < -0.39 is 0 Å². The van der Waals surface area contributed by atoms with Crippen molar-refractivity contribution < 1.29 is 4.79 Å². The van der Waals surface area contributed by atoms with E-state index >= 15 is 0 Å². The molecule has 4 heteroatoms. The molecule has 0 saturated heterocycles. The van der Waals surface area contributed by atoms with Crippen molar-refractivity contribution >= 4 is 35.2 Å². The van der Waals surface area contributed by atoms with Gasteiger partial charge in [-0.25, -0.2) is 0 Å². The molecule has 0 heterocycles. The summed E-state index contributed by atoms with van der Waals surface area (Å²) in [6.45, 7) is 7.39. The minimum atomic E-state index is -0.135. The maximum Gasteiger partial charge on any atom is 0.229 e. The third-order valence-corrected chi connectivity index (χ3v) is 3.38. The Labute approximate surface area is 125 Å². The van der Waals surface area contributed by atoms with E-state index in [2.05, 4.69) is 0 Å². The second-order valence-electron chi connectivity index (χ2n) is 4.33. The van der Waals surface area contributed by atoms with Crippen LogP contribution in [0.2, 0.25) is 0 Å². The molecule has 0 aromatic heterocycles. The van der Waals surface area contributed by atoms with Gasteiger partial charge in [0.05, 0.1) is 5.92 Å². The van der Waals surface area contributed by atoms with Crippen molar-refractivity contribution in [3.8, 4) is 0 Å². The lowest BCUT2D eigenvalue weighted by molar-refractivity contribution is -0.132. The van der Waals surface area contributed by atoms with Gasteiger partial charge in [-0.3, -0.25) is 4.79 Å². The Morgan fingerprint density at radius 2 is 1.74 bits per heavy atom. The molecule has 19 heavy (non-hydrogen) atoms. The number of nitrogens with zero attached hydrogens (tertiary/aromatic N) is 1. The van der Waals surface area contributed by atoms with Crippen molar-refractivity contribution in [1.82, 2.24) is 4.90 Å². The first kappa shape index (κ1) is 16.1. The summed E-state index contributed by atoms with van der Waals surface area (Å²) in [5.41, 5.74) is 1.92. The molecule has 0 N–H and O–H groups in total. The molecule has 0 aliphatic rings. The van der Waals surface area contributed by atoms with Crippen molar-refractivity contribution in [3.63, 3.8) is 0 Å². The average Bonchev–Trinajstić information content (AvgIpc) is 2.39. The van der Waals surface area contributed by atoms with E-state index in [9.17, 15) is 4.79 Å². The number of hydrogen-bond acceptors (Lipinski definition) is 1. The minimum Gasteiger partial charge on any atom is -0.343 e. The second-order valence-corrected chi connectivity index (χ2v) is 5.34. The molecule has 0 aliphatic carbocycles. The summed E-state index contributed by atoms with van der Waals surface area (Å²) in [6.07, 6.45) is 1.67. The maximum absolute atomic E-state index is 12.2. The van der Waals surface area contributed by atoms with Gasteiger partial charge in [0.2, 0.25) is 5.91 Å². The Balaban J connectivity index is 2.86. The molecule has 1 atom stereocenters. The standard InChI is InChI=1S/C15H19Cl2NO/c1-4-18(5-2)15(19)11(3)13-8-6-12(7-9-13)10-14(16)17/h6-11H,4-5H2,1-3H3. The van der Waals surface area contributed by atoms with Crippen LogP contribution in [0.25, 0.3) is 6.08 Å². The molecule has 0 radical (unpaired) electrons. The number of carbonyl (C=O) groups is 1. The first-order valence-corrected chi connectivity index (χ1v) is 7.16. The van der Waals surface area contributed by atoms with Gasteiger partial charge in [0.1, 0.15) is 4.49 Å². The molecule has 0 saturated carbocycles. The van der Waals surface area contributed by atoms with Crippen LogP contribution in [0.5, 0.6) is 0 Å². The van der Waals surface area contributed by atoms with E-state index in [0.717, 1.165) is 24.2 Å². The lowest BCUT2D eigenvalue weighted by Gasteiger charge is -2.23. The van der Waals surface area contributed by atoms with Gasteiger partial charge in [-0.2, -0.15) is 0 Å². The molecule has 1 amide bonds. The van der Waals surface area contributed by atoms with Crippen LogP contribution in [-0.2, 0) is 4.79 Å². The van der Waals surface area contributed by atoms with Gasteiger partial charge >= 0.3 is 0 Å². The molecular weight excluding hydrogens is 281 g/mol. The van der Waals surface area contributed by atoms with Crippen LogP contribution in [0.3, 0.4) is 0 Å². The zero-order valence-corrected chi connectivity index (χ0v) is 13.0. The Morgan fingerprint density at radius 3 is 2.16 bits per heavy atom. The van der Waals surface area contributed by atoms with Crippen molar-refractivity contribution in [3.05, 3.63) is 39.9 Å². The molecule has 0 spiro atoms. The lowest BCUT2D eigenvalue weighted by Crippen LogP contribution is -2.33. The Kier molecular flexibility index (Phi) is 6.40. The number of benzene rings is 1. The third-order valence-electron chi connectivity index (χ3n) is 3.16. The van der Waals surface area contributed by atoms with Crippen LogP contribution < -0.4 is 0 Å². The van der Waals surface area contributed by atoms with Crippen LogP contribution >= 0.6 is 23.2 Å². The van der Waals surface area contributed by atoms with Crippen LogP contribution in [0.15, 0.2) is 28.8 Å². The summed E-state index contributed by atoms with van der Waals surface area (Å²) < 4.78 is 0.222. The number of halogens is 2. The molecule has 1 aromatic carbocycles. The zero-order valence-electron chi connectivity index (χ0n) is 11.5. The Morgan fingerprint density at radius 1 is 1.21 bits per heavy atom. The highest BCUT2D eigenvalue weighted by molar-refractivity contribution is 6.57. The largest absolute Gasteiger partial charge is 0.343 e. The van der Waals surface area contributed by atoms with Crippen LogP contribution in [0.1, 0.15) is 37.8 Å². The second kappa shape index (κ2) is 7.56. The minimum absolute atomic E-state index is 0.135. The van der Waals surface area contributed by atoms with E-state index in [4.69, 9.17) is 23.2 Å². The van der Waals surface area contributed by atoms with E-state index in [1.807, 2.05) is 49.9 Å². The van der Waals surface area contributed by atoms with Gasteiger partial charge in [-0.1, -0.05) is 47.5 Å². The van der Waals surface area contributed by atoms with E-state index in [1.165, 1.54) is 0 Å². The summed E-state index contributed by atoms with van der Waals surface area (Å²) in [5, 5.41) is 0. The molecule has 104 valence electrons. The lowest BCUT2D eigenvalue weighted by atomic mass is 9.98. The average molecular weight is 300 g/mol. The van der Waals surface area contributed by atoms with E-state index in [-0.39, 0.29) is 16.3 Å². The zero-order chi connectivity index (χ0) is 14.4. The molecular formula is C15H19Cl2NO. The SMILES string of the molecule is CCN(CC)C(=O)C(C)c1ccc(C=C(Cl)Cl)cc1. The highest BCUT2D eigenvalue weighted by atomic mass is 35.5. The Hall–Kier alpha value is -0.990. The van der Waals surface area contributed by atoms with Gasteiger partial charge in [-0.05, 0) is 38.0 Å². The molecule has 1 unspecified atom stereocenters. The summed E-state index contributed by atoms with van der Waals surface area (Å²) >= 11 is 11.2. The van der Waals surface area contributed by atoms with Gasteiger partial charge in [0.25, 0.3) is 0 Å². The van der Waals surface area contributed by atoms with Gasteiger partial charge in [0, 0.05) is 13.1 Å². The topological polar surface area (TPSA) is 20.3 Å². The van der Waals surface area contributed by atoms with Crippen molar-refractivity contribution in [2.24, 2.45) is 0 Å². The first-order chi connectivity index (χ1) is 8.99. The van der Waals surface area contributed by atoms with Crippen LogP contribution in [-0.4, -0.2) is 23.9 Å². The van der Waals surface area contributed by atoms with Gasteiger partial charge < -0.3 is 4.90 Å². The number of amides is 1. The number of likely N-dealkylation sites (N-methyl/N-ethyl adjacent to an activating group) is 1. The summed E-state index contributed by atoms with van der Waals surface area (Å²) in [6, 6.07) is 7.70. The summed E-state index contributed by atoms with van der Waals surface area (Å²) in [7, 11) is 0. The fourth-order valence-corrected chi connectivity index (χ4v) is 2.21. The van der Waals surface area contributed by atoms with Crippen LogP contribution in [0.4, 0.5) is 0 Å². The molecule has 1 rings (SSSR count). The fraction of sp³-hybridized carbons (Fsp3) is 0.400. The summed E-state index contributed by atoms with van der Waals surface area (Å²) in [5.74, 6) is 0.0214. The monoisotopic (exact) mass is 299 g/mol. The highest BCUT2D eigenvalue weighted by Crippen LogP contribution is 2.20. The van der Waals surface area contributed by atoms with Crippen LogP contribution in [0, 0.1) is 0 Å². The van der Waals surface area contributed by atoms with Crippen molar-refractivity contribution in [1.29, 1.82) is 0 Å². The van der Waals surface area contributed by atoms with Crippen molar-refractivity contribution in [2.75, 3.05) is 13.1 Å². The maximum atomic E-state index is 12.2. The van der Waals surface area contributed by atoms with E-state index in [0.29, 0.717) is 0 Å². The molecule has 0 aliphatic heterocycles. The predicted octanol–water partition coefficient (Wildman–Crippen LogP) is 4.43. The smallest absolute Gasteiger partial charge is 0.229 e. The Bertz CT molecular complexity index is 446. The highest BCUT2D eigenvalue weighted by Gasteiger charge is 2.19. The molecule has 1 aromatic rings.